The maximum Gasteiger partial charge on any atom is 0.410 e. The van der Waals surface area contributed by atoms with Crippen molar-refractivity contribution in [2.75, 3.05) is 46.4 Å². The highest BCUT2D eigenvalue weighted by Crippen LogP contribution is 2.15. The molecule has 2 saturated heterocycles. The molecule has 166 valence electrons. The molecule has 0 radical (unpaired) electrons. The first-order valence-electron chi connectivity index (χ1n) is 10.7. The Morgan fingerprint density at radius 1 is 1.23 bits per heavy atom. The largest absolute Gasteiger partial charge is 0.444 e. The number of amides is 1. The van der Waals surface area contributed by atoms with Crippen LogP contribution in [0.3, 0.4) is 0 Å². The lowest BCUT2D eigenvalue weighted by Gasteiger charge is -2.40. The van der Waals surface area contributed by atoms with Crippen LogP contribution in [0.4, 0.5) is 4.79 Å². The second kappa shape index (κ2) is 10.1. The van der Waals surface area contributed by atoms with Crippen LogP contribution < -0.4 is 10.6 Å². The van der Waals surface area contributed by atoms with Crippen LogP contribution in [0.5, 0.6) is 0 Å². The van der Waals surface area contributed by atoms with Crippen LogP contribution in [0.25, 0.3) is 0 Å². The van der Waals surface area contributed by atoms with E-state index in [4.69, 9.17) is 9.47 Å². The number of aliphatic imine (C=N–C) groups is 1. The minimum Gasteiger partial charge on any atom is -0.444 e. The van der Waals surface area contributed by atoms with Gasteiger partial charge in [0, 0.05) is 46.3 Å². The van der Waals surface area contributed by atoms with Crippen molar-refractivity contribution in [1.29, 1.82) is 0 Å². The van der Waals surface area contributed by atoms with Gasteiger partial charge in [-0.15, -0.1) is 0 Å². The third kappa shape index (κ3) is 6.88. The third-order valence-corrected chi connectivity index (χ3v) is 5.06. The molecule has 0 bridgehead atoms. The first-order valence-corrected chi connectivity index (χ1v) is 10.7. The minimum atomic E-state index is -0.469. The summed E-state index contributed by atoms with van der Waals surface area (Å²) in [7, 11) is 1.76. The smallest absolute Gasteiger partial charge is 0.410 e. The maximum absolute atomic E-state index is 12.0. The molecule has 0 spiro atoms. The number of rotatable bonds is 5. The van der Waals surface area contributed by atoms with Crippen LogP contribution in [-0.2, 0) is 22.6 Å². The third-order valence-electron chi connectivity index (χ3n) is 5.06. The number of nitrogens with one attached hydrogen (secondary N) is 2. The van der Waals surface area contributed by atoms with Crippen LogP contribution in [0.2, 0.25) is 0 Å². The fourth-order valence-corrected chi connectivity index (χ4v) is 3.47. The summed E-state index contributed by atoms with van der Waals surface area (Å²) in [5.41, 5.74) is 2.06. The molecule has 1 amide bonds. The number of hydrogen-bond donors (Lipinski definition) is 2. The summed E-state index contributed by atoms with van der Waals surface area (Å²) in [5, 5.41) is 6.74. The zero-order valence-electron chi connectivity index (χ0n) is 18.6. The van der Waals surface area contributed by atoms with Gasteiger partial charge in [0.1, 0.15) is 5.60 Å². The number of carbonyl (C=O) groups is 1. The molecule has 0 aromatic heterocycles. The van der Waals surface area contributed by atoms with E-state index >= 15 is 0 Å². The highest BCUT2D eigenvalue weighted by molar-refractivity contribution is 5.80. The summed E-state index contributed by atoms with van der Waals surface area (Å²) in [6.45, 7) is 12.1. The zero-order chi connectivity index (χ0) is 21.6. The number of guanidine groups is 1. The van der Waals surface area contributed by atoms with Crippen molar-refractivity contribution in [3.63, 3.8) is 0 Å². The maximum atomic E-state index is 12.0. The van der Waals surface area contributed by atoms with Gasteiger partial charge in [0.25, 0.3) is 0 Å². The van der Waals surface area contributed by atoms with Crippen molar-refractivity contribution in [2.24, 2.45) is 4.99 Å². The Kier molecular flexibility index (Phi) is 7.55. The Bertz CT molecular complexity index is 735. The number of nitrogens with zero attached hydrogens (tertiary/aromatic N) is 3. The van der Waals surface area contributed by atoms with Gasteiger partial charge in [0.2, 0.25) is 0 Å². The van der Waals surface area contributed by atoms with Crippen LogP contribution in [-0.4, -0.2) is 79.9 Å². The highest BCUT2D eigenvalue weighted by atomic mass is 16.6. The number of morpholine rings is 1. The van der Waals surface area contributed by atoms with Crippen LogP contribution in [0, 0.1) is 0 Å². The summed E-state index contributed by atoms with van der Waals surface area (Å²) in [6.07, 6.45) is -0.263. The lowest BCUT2D eigenvalue weighted by molar-refractivity contribution is 0.00701. The van der Waals surface area contributed by atoms with E-state index in [1.165, 1.54) is 11.1 Å². The van der Waals surface area contributed by atoms with E-state index in [2.05, 4.69) is 44.8 Å². The summed E-state index contributed by atoms with van der Waals surface area (Å²) in [4.78, 5) is 20.5. The van der Waals surface area contributed by atoms with Crippen LogP contribution >= 0.6 is 0 Å². The number of hydrogen-bond acceptors (Lipinski definition) is 5. The normalized spacial score (nSPS) is 18.7. The van der Waals surface area contributed by atoms with E-state index < -0.39 is 5.60 Å². The van der Waals surface area contributed by atoms with Gasteiger partial charge in [-0.05, 0) is 31.9 Å². The van der Waals surface area contributed by atoms with Gasteiger partial charge < -0.3 is 25.0 Å². The Balaban J connectivity index is 1.42. The van der Waals surface area contributed by atoms with E-state index in [9.17, 15) is 4.79 Å². The Morgan fingerprint density at radius 2 is 1.93 bits per heavy atom. The number of likely N-dealkylation sites (tertiary alicyclic amines) is 1. The monoisotopic (exact) mass is 417 g/mol. The molecule has 8 heteroatoms. The lowest BCUT2D eigenvalue weighted by Crippen LogP contribution is -2.63. The van der Waals surface area contributed by atoms with E-state index in [0.29, 0.717) is 19.6 Å². The summed E-state index contributed by atoms with van der Waals surface area (Å²) >= 11 is 0. The molecular weight excluding hydrogens is 382 g/mol. The van der Waals surface area contributed by atoms with E-state index in [1.807, 2.05) is 20.8 Å². The van der Waals surface area contributed by atoms with Crippen molar-refractivity contribution in [3.8, 4) is 0 Å². The molecule has 0 unspecified atom stereocenters. The van der Waals surface area contributed by atoms with Crippen molar-refractivity contribution in [3.05, 3.63) is 35.4 Å². The van der Waals surface area contributed by atoms with Gasteiger partial charge in [-0.2, -0.15) is 0 Å². The first-order chi connectivity index (χ1) is 14.3. The van der Waals surface area contributed by atoms with Gasteiger partial charge in [-0.3, -0.25) is 9.89 Å². The average molecular weight is 418 g/mol. The van der Waals surface area contributed by atoms with Crippen molar-refractivity contribution < 1.29 is 14.3 Å². The molecular formula is C22H35N5O3. The lowest BCUT2D eigenvalue weighted by atomic mass is 10.1. The van der Waals surface area contributed by atoms with Gasteiger partial charge >= 0.3 is 6.09 Å². The van der Waals surface area contributed by atoms with E-state index in [1.54, 1.807) is 11.9 Å². The van der Waals surface area contributed by atoms with Gasteiger partial charge in [0.15, 0.2) is 5.96 Å². The molecule has 2 aliphatic heterocycles. The molecule has 2 heterocycles. The molecule has 3 rings (SSSR count). The molecule has 2 fully saturated rings. The molecule has 0 saturated carbocycles. The standard InChI is InChI=1S/C22H35N5O3/c1-22(2,3)30-21(28)27-15-19(16-27)25-20(23-4)24-13-17-6-5-7-18(12-17)14-26-8-10-29-11-9-26/h5-7,12,19H,8-11,13-16H2,1-4H3,(H2,23,24,25). The zero-order valence-corrected chi connectivity index (χ0v) is 18.6. The molecule has 1 aromatic carbocycles. The summed E-state index contributed by atoms with van der Waals surface area (Å²) in [6, 6.07) is 8.82. The summed E-state index contributed by atoms with van der Waals surface area (Å²) in [5.74, 6) is 0.738. The van der Waals surface area contributed by atoms with Crippen molar-refractivity contribution >= 4 is 12.1 Å². The van der Waals surface area contributed by atoms with Gasteiger partial charge in [-0.25, -0.2) is 4.79 Å². The minimum absolute atomic E-state index is 0.177. The van der Waals surface area contributed by atoms with Gasteiger partial charge in [-0.1, -0.05) is 24.3 Å². The quantitative estimate of drug-likeness (QED) is 0.562. The Morgan fingerprint density at radius 3 is 2.60 bits per heavy atom. The average Bonchev–Trinajstić information content (AvgIpc) is 2.66. The summed E-state index contributed by atoms with van der Waals surface area (Å²) < 4.78 is 10.8. The first kappa shape index (κ1) is 22.4. The second-order valence-corrected chi connectivity index (χ2v) is 8.86. The predicted molar refractivity (Wildman–Crippen MR) is 117 cm³/mol. The van der Waals surface area contributed by atoms with E-state index in [-0.39, 0.29) is 12.1 Å². The number of ether oxygens (including phenoxy) is 2. The van der Waals surface area contributed by atoms with Crippen molar-refractivity contribution in [2.45, 2.75) is 45.5 Å². The fraction of sp³-hybridized carbons (Fsp3) is 0.636. The highest BCUT2D eigenvalue weighted by Gasteiger charge is 2.34. The van der Waals surface area contributed by atoms with E-state index in [0.717, 1.165) is 38.8 Å². The SMILES string of the molecule is CN=C(NCc1cccc(CN2CCOCC2)c1)NC1CN(C(=O)OC(C)(C)C)C1. The van der Waals surface area contributed by atoms with Crippen LogP contribution in [0.15, 0.2) is 29.3 Å². The van der Waals surface area contributed by atoms with Gasteiger partial charge in [0.05, 0.1) is 19.3 Å². The number of carbonyl (C=O) groups excluding carboxylic acids is 1. The molecule has 2 N–H and O–H groups in total. The number of benzene rings is 1. The molecule has 2 aliphatic rings. The second-order valence-electron chi connectivity index (χ2n) is 8.86. The molecule has 1 aromatic rings. The molecule has 0 atom stereocenters. The van der Waals surface area contributed by atoms with Crippen LogP contribution in [0.1, 0.15) is 31.9 Å². The molecule has 0 aliphatic carbocycles. The Hall–Kier alpha value is -2.32. The Labute approximate surface area is 179 Å². The van der Waals surface area contributed by atoms with Crippen molar-refractivity contribution in [1.82, 2.24) is 20.4 Å². The topological polar surface area (TPSA) is 78.4 Å². The predicted octanol–water partition coefficient (Wildman–Crippen LogP) is 1.80. The molecule has 30 heavy (non-hydrogen) atoms. The molecule has 8 nitrogen and oxygen atoms in total. The fourth-order valence-electron chi connectivity index (χ4n) is 3.47.